The quantitative estimate of drug-likeness (QED) is 0.485. The lowest BCUT2D eigenvalue weighted by atomic mass is 9.91. The van der Waals surface area contributed by atoms with Crippen LogP contribution in [0.4, 0.5) is 0 Å². The molecule has 5 rings (SSSR count). The molecule has 4 heterocycles. The Morgan fingerprint density at radius 1 is 1.10 bits per heavy atom. The first-order valence-corrected chi connectivity index (χ1v) is 11.9. The molecule has 2 unspecified atom stereocenters. The van der Waals surface area contributed by atoms with Gasteiger partial charge in [0, 0.05) is 32.1 Å². The van der Waals surface area contributed by atoms with E-state index < -0.39 is 44.3 Å². The molecule has 2 atom stereocenters. The van der Waals surface area contributed by atoms with E-state index >= 15 is 0 Å². The predicted molar refractivity (Wildman–Crippen MR) is 108 cm³/mol. The van der Waals surface area contributed by atoms with Gasteiger partial charge in [0.1, 0.15) is 10.8 Å². The summed E-state index contributed by atoms with van der Waals surface area (Å²) in [6.45, 7) is 1.04. The smallest absolute Gasteiger partial charge is 0.262 e. The normalized spacial score (nSPS) is 28.6. The van der Waals surface area contributed by atoms with Gasteiger partial charge in [0.05, 0.1) is 16.9 Å². The van der Waals surface area contributed by atoms with Crippen LogP contribution < -0.4 is 16.0 Å². The fraction of sp³-hybridized carbons (Fsp3) is 0.500. The summed E-state index contributed by atoms with van der Waals surface area (Å²) in [7, 11) is -3.19. The molecule has 1 aromatic rings. The van der Waals surface area contributed by atoms with Gasteiger partial charge in [-0.3, -0.25) is 29.4 Å². The average Bonchev–Trinajstić information content (AvgIpc) is 3.11. The molecule has 1 spiro atoms. The van der Waals surface area contributed by atoms with E-state index in [1.807, 2.05) is 0 Å². The van der Waals surface area contributed by atoms with Crippen LogP contribution in [0, 0.1) is 0 Å². The van der Waals surface area contributed by atoms with Gasteiger partial charge in [-0.1, -0.05) is 12.1 Å². The largest absolute Gasteiger partial charge is 0.313 e. The molecule has 10 nitrogen and oxygen atoms in total. The minimum Gasteiger partial charge on any atom is -0.313 e. The first-order chi connectivity index (χ1) is 14.7. The molecule has 4 aliphatic heterocycles. The highest BCUT2D eigenvalue weighted by Crippen LogP contribution is 2.36. The Morgan fingerprint density at radius 2 is 1.87 bits per heavy atom. The van der Waals surface area contributed by atoms with Crippen molar-refractivity contribution in [2.75, 3.05) is 18.8 Å². The number of hydrogen-bond donors (Lipinski definition) is 3. The van der Waals surface area contributed by atoms with Gasteiger partial charge in [0.25, 0.3) is 11.8 Å². The lowest BCUT2D eigenvalue weighted by Gasteiger charge is -2.42. The Labute approximate surface area is 178 Å². The summed E-state index contributed by atoms with van der Waals surface area (Å²) in [5, 5.41) is 8.52. The predicted octanol–water partition coefficient (Wildman–Crippen LogP) is -1.29. The number of fused-ring (bicyclic) bond motifs is 1. The van der Waals surface area contributed by atoms with E-state index in [9.17, 15) is 27.6 Å². The Bertz CT molecular complexity index is 1130. The molecular formula is C20H22N4O6S. The van der Waals surface area contributed by atoms with Gasteiger partial charge in [-0.2, -0.15) is 0 Å². The van der Waals surface area contributed by atoms with Crippen molar-refractivity contribution in [2.45, 2.75) is 42.6 Å². The van der Waals surface area contributed by atoms with Crippen molar-refractivity contribution in [1.82, 2.24) is 20.9 Å². The molecular weight excluding hydrogens is 424 g/mol. The third-order valence-corrected chi connectivity index (χ3v) is 9.46. The van der Waals surface area contributed by atoms with Crippen LogP contribution in [0.3, 0.4) is 0 Å². The van der Waals surface area contributed by atoms with Crippen molar-refractivity contribution in [3.8, 4) is 0 Å². The second kappa shape index (κ2) is 6.94. The van der Waals surface area contributed by atoms with E-state index in [4.69, 9.17) is 0 Å². The maximum Gasteiger partial charge on any atom is 0.262 e. The summed E-state index contributed by atoms with van der Waals surface area (Å²) < 4.78 is 24.2. The number of piperidine rings is 1. The van der Waals surface area contributed by atoms with Crippen LogP contribution in [-0.2, 0) is 26.0 Å². The molecule has 31 heavy (non-hydrogen) atoms. The molecule has 0 aliphatic carbocycles. The Balaban J connectivity index is 1.39. The number of amides is 4. The zero-order valence-electron chi connectivity index (χ0n) is 16.6. The second-order valence-electron chi connectivity index (χ2n) is 8.50. The van der Waals surface area contributed by atoms with Gasteiger partial charge >= 0.3 is 0 Å². The minimum absolute atomic E-state index is 0.0600. The number of rotatable bonds is 4. The van der Waals surface area contributed by atoms with Crippen molar-refractivity contribution < 1.29 is 27.6 Å². The zero-order chi connectivity index (χ0) is 22.0. The lowest BCUT2D eigenvalue weighted by molar-refractivity contribution is -0.136. The van der Waals surface area contributed by atoms with E-state index in [1.165, 1.54) is 0 Å². The maximum atomic E-state index is 13.2. The Kier molecular flexibility index (Phi) is 4.54. The summed E-state index contributed by atoms with van der Waals surface area (Å²) >= 11 is 0. The van der Waals surface area contributed by atoms with E-state index in [-0.39, 0.29) is 42.3 Å². The van der Waals surface area contributed by atoms with Gasteiger partial charge in [0.2, 0.25) is 11.8 Å². The summed E-state index contributed by atoms with van der Waals surface area (Å²) in [4.78, 5) is 50.7. The number of imide groups is 2. The molecule has 164 valence electrons. The third-order valence-electron chi connectivity index (χ3n) is 6.87. The fourth-order valence-electron chi connectivity index (χ4n) is 5.05. The highest BCUT2D eigenvalue weighted by atomic mass is 32.2. The van der Waals surface area contributed by atoms with Crippen LogP contribution in [0.1, 0.15) is 45.5 Å². The van der Waals surface area contributed by atoms with Crippen LogP contribution in [0.5, 0.6) is 0 Å². The third kappa shape index (κ3) is 2.87. The molecule has 0 saturated carbocycles. The number of carbonyl (C=O) groups excluding carboxylic acids is 4. The van der Waals surface area contributed by atoms with Crippen LogP contribution in [-0.4, -0.2) is 72.6 Å². The molecule has 3 saturated heterocycles. The number of nitrogens with one attached hydrogen (secondary N) is 3. The summed E-state index contributed by atoms with van der Waals surface area (Å²) in [6.07, 6.45) is 0.651. The van der Waals surface area contributed by atoms with Crippen molar-refractivity contribution in [3.05, 3.63) is 34.9 Å². The van der Waals surface area contributed by atoms with Crippen LogP contribution in [0.25, 0.3) is 0 Å². The molecule has 3 fully saturated rings. The molecule has 0 bridgehead atoms. The Morgan fingerprint density at radius 3 is 2.55 bits per heavy atom. The number of nitrogens with zero attached hydrogens (tertiary/aromatic N) is 1. The monoisotopic (exact) mass is 446 g/mol. The molecule has 4 amide bonds. The minimum atomic E-state index is -3.19. The lowest BCUT2D eigenvalue weighted by Crippen LogP contribution is -2.69. The molecule has 0 aromatic heterocycles. The Hall–Kier alpha value is -2.63. The topological polar surface area (TPSA) is 142 Å². The van der Waals surface area contributed by atoms with Crippen molar-refractivity contribution >= 4 is 33.5 Å². The number of carbonyl (C=O) groups is 4. The van der Waals surface area contributed by atoms with E-state index in [1.54, 1.807) is 18.2 Å². The van der Waals surface area contributed by atoms with Gasteiger partial charge in [-0.15, -0.1) is 0 Å². The summed E-state index contributed by atoms with van der Waals surface area (Å²) in [5.41, 5.74) is 1.02. The number of benzene rings is 1. The highest BCUT2D eigenvalue weighted by Gasteiger charge is 2.58. The maximum absolute atomic E-state index is 13.2. The number of sulfone groups is 1. The number of hydrogen-bond acceptors (Lipinski definition) is 8. The van der Waals surface area contributed by atoms with Crippen molar-refractivity contribution in [1.29, 1.82) is 0 Å². The van der Waals surface area contributed by atoms with E-state index in [0.717, 1.165) is 4.90 Å². The molecule has 3 N–H and O–H groups in total. The van der Waals surface area contributed by atoms with Crippen LogP contribution in [0.15, 0.2) is 18.2 Å². The molecule has 0 radical (unpaired) electrons. The van der Waals surface area contributed by atoms with Gasteiger partial charge in [0.15, 0.2) is 9.84 Å². The summed E-state index contributed by atoms with van der Waals surface area (Å²) in [6, 6.07) is 3.67. The molecule has 11 heteroatoms. The molecule has 1 aromatic carbocycles. The van der Waals surface area contributed by atoms with Gasteiger partial charge in [-0.05, 0) is 24.5 Å². The second-order valence-corrected chi connectivity index (χ2v) is 10.9. The van der Waals surface area contributed by atoms with Gasteiger partial charge in [-0.25, -0.2) is 8.42 Å². The standard InChI is InChI=1S/C20H22N4O6S/c25-15-5-4-13(17(26)23-15)24-18(27)12-3-1-2-11(16(12)19(24)28)8-22-14-6-7-31(29,30)20(14)9-21-10-20/h1-3,13-14,21-22H,4-10H2,(H,23,25,26). The zero-order valence-corrected chi connectivity index (χ0v) is 17.5. The first kappa shape index (κ1) is 20.3. The summed E-state index contributed by atoms with van der Waals surface area (Å²) in [5.74, 6) is -2.07. The molecule has 4 aliphatic rings. The fourth-order valence-corrected chi connectivity index (χ4v) is 7.28. The van der Waals surface area contributed by atoms with Crippen molar-refractivity contribution in [2.24, 2.45) is 0 Å². The van der Waals surface area contributed by atoms with Gasteiger partial charge < -0.3 is 10.6 Å². The van der Waals surface area contributed by atoms with Crippen LogP contribution in [0.2, 0.25) is 0 Å². The SMILES string of the molecule is O=C1CCC(N2C(=O)c3cccc(CNC4CCS(=O)(=O)C45CNC5)c3C2=O)C(=O)N1. The first-order valence-electron chi connectivity index (χ1n) is 10.2. The van der Waals surface area contributed by atoms with Crippen LogP contribution >= 0.6 is 0 Å². The van der Waals surface area contributed by atoms with E-state index in [0.29, 0.717) is 25.1 Å². The average molecular weight is 446 g/mol. The van der Waals surface area contributed by atoms with Crippen molar-refractivity contribution in [3.63, 3.8) is 0 Å². The van der Waals surface area contributed by atoms with E-state index in [2.05, 4.69) is 16.0 Å². The highest BCUT2D eigenvalue weighted by molar-refractivity contribution is 7.93.